The molecule has 0 saturated carbocycles. The summed E-state index contributed by atoms with van der Waals surface area (Å²) in [5.74, 6) is 2.07. The van der Waals surface area contributed by atoms with Crippen molar-refractivity contribution in [3.63, 3.8) is 0 Å². The normalized spacial score (nSPS) is 12.5. The zero-order chi connectivity index (χ0) is 21.7. The molecule has 2 aromatic carbocycles. The van der Waals surface area contributed by atoms with E-state index >= 15 is 0 Å². The van der Waals surface area contributed by atoms with Crippen LogP contribution in [0.15, 0.2) is 30.3 Å². The van der Waals surface area contributed by atoms with Crippen molar-refractivity contribution in [1.29, 1.82) is 0 Å². The van der Waals surface area contributed by atoms with Crippen LogP contribution in [0.2, 0.25) is 0 Å². The fourth-order valence-corrected chi connectivity index (χ4v) is 3.78. The SMILES string of the molecule is COc1ccc2c(c1NC(=O)CN)CCCC=C2c1cc(OC)c(OC)c(OC)c1.Cl. The number of hydrogen-bond donors (Lipinski definition) is 2. The van der Waals surface area contributed by atoms with Crippen molar-refractivity contribution in [3.8, 4) is 23.0 Å². The molecule has 0 atom stereocenters. The van der Waals surface area contributed by atoms with Gasteiger partial charge in [-0.15, -0.1) is 12.4 Å². The maximum absolute atomic E-state index is 12.1. The number of allylic oxidation sites excluding steroid dienone is 1. The van der Waals surface area contributed by atoms with Gasteiger partial charge in [-0.05, 0) is 59.7 Å². The van der Waals surface area contributed by atoms with E-state index in [1.807, 2.05) is 24.3 Å². The third-order valence-corrected chi connectivity index (χ3v) is 5.19. The fourth-order valence-electron chi connectivity index (χ4n) is 3.78. The first-order valence-corrected chi connectivity index (χ1v) is 9.78. The zero-order valence-electron chi connectivity index (χ0n) is 18.2. The number of ether oxygens (including phenoxy) is 4. The molecule has 8 heteroatoms. The van der Waals surface area contributed by atoms with Crippen LogP contribution in [0, 0.1) is 0 Å². The molecule has 0 aromatic heterocycles. The molecule has 168 valence electrons. The molecule has 1 amide bonds. The standard InChI is InChI=1S/C23H28N2O5.ClH/c1-27-18-10-9-16-15(7-5-6-8-17(16)22(18)25-21(26)13-24)14-11-19(28-2)23(30-4)20(12-14)29-3;/h7,9-12H,5-6,8,13,24H2,1-4H3,(H,25,26);1H. The van der Waals surface area contributed by atoms with Crippen LogP contribution in [-0.4, -0.2) is 40.9 Å². The molecule has 31 heavy (non-hydrogen) atoms. The number of halogens is 1. The van der Waals surface area contributed by atoms with Crippen molar-refractivity contribution in [2.45, 2.75) is 19.3 Å². The maximum atomic E-state index is 12.1. The third kappa shape index (κ3) is 4.89. The summed E-state index contributed by atoms with van der Waals surface area (Å²) in [5.41, 5.74) is 10.2. The molecule has 1 aliphatic rings. The number of benzene rings is 2. The fraction of sp³-hybridized carbons (Fsp3) is 0.348. The Morgan fingerprint density at radius 1 is 1.00 bits per heavy atom. The highest BCUT2D eigenvalue weighted by Crippen LogP contribution is 2.44. The summed E-state index contributed by atoms with van der Waals surface area (Å²) in [6, 6.07) is 7.75. The van der Waals surface area contributed by atoms with Crippen molar-refractivity contribution >= 4 is 29.6 Å². The highest BCUT2D eigenvalue weighted by Gasteiger charge is 2.23. The first-order valence-electron chi connectivity index (χ1n) is 9.78. The molecular weight excluding hydrogens is 420 g/mol. The summed E-state index contributed by atoms with van der Waals surface area (Å²) in [6.07, 6.45) is 4.84. The number of hydrogen-bond acceptors (Lipinski definition) is 6. The lowest BCUT2D eigenvalue weighted by molar-refractivity contribution is -0.114. The van der Waals surface area contributed by atoms with E-state index in [-0.39, 0.29) is 24.9 Å². The smallest absolute Gasteiger partial charge is 0.238 e. The van der Waals surface area contributed by atoms with Crippen LogP contribution in [0.1, 0.15) is 29.5 Å². The van der Waals surface area contributed by atoms with E-state index in [4.69, 9.17) is 24.7 Å². The number of methoxy groups -OCH3 is 4. The summed E-state index contributed by atoms with van der Waals surface area (Å²) in [5, 5.41) is 2.92. The van der Waals surface area contributed by atoms with E-state index in [9.17, 15) is 4.79 Å². The van der Waals surface area contributed by atoms with E-state index in [1.54, 1.807) is 28.4 Å². The Bertz CT molecular complexity index is 950. The average Bonchev–Trinajstić information content (AvgIpc) is 3.00. The van der Waals surface area contributed by atoms with Crippen LogP contribution in [-0.2, 0) is 11.2 Å². The van der Waals surface area contributed by atoms with E-state index < -0.39 is 0 Å². The van der Waals surface area contributed by atoms with E-state index in [2.05, 4.69) is 11.4 Å². The molecule has 1 aliphatic carbocycles. The quantitative estimate of drug-likeness (QED) is 0.669. The number of nitrogens with one attached hydrogen (secondary N) is 1. The van der Waals surface area contributed by atoms with Crippen molar-refractivity contribution in [3.05, 3.63) is 47.0 Å². The van der Waals surface area contributed by atoms with Crippen LogP contribution in [0.3, 0.4) is 0 Å². The van der Waals surface area contributed by atoms with Gasteiger partial charge in [0.1, 0.15) is 5.75 Å². The van der Waals surface area contributed by atoms with Gasteiger partial charge in [0.2, 0.25) is 11.7 Å². The van der Waals surface area contributed by atoms with Gasteiger partial charge in [0.15, 0.2) is 11.5 Å². The Kier molecular flexibility index (Phi) is 8.59. The van der Waals surface area contributed by atoms with Crippen molar-refractivity contribution in [2.75, 3.05) is 40.3 Å². The predicted molar refractivity (Wildman–Crippen MR) is 124 cm³/mol. The molecule has 0 saturated heterocycles. The number of amides is 1. The third-order valence-electron chi connectivity index (χ3n) is 5.19. The van der Waals surface area contributed by atoms with E-state index in [0.29, 0.717) is 28.7 Å². The highest BCUT2D eigenvalue weighted by molar-refractivity contribution is 5.96. The average molecular weight is 449 g/mol. The summed E-state index contributed by atoms with van der Waals surface area (Å²) >= 11 is 0. The van der Waals surface area contributed by atoms with Gasteiger partial charge in [0.05, 0.1) is 40.7 Å². The van der Waals surface area contributed by atoms with Gasteiger partial charge >= 0.3 is 0 Å². The Labute approximate surface area is 188 Å². The van der Waals surface area contributed by atoms with Gasteiger partial charge in [0, 0.05) is 0 Å². The summed E-state index contributed by atoms with van der Waals surface area (Å²) in [4.78, 5) is 12.1. The molecule has 3 N–H and O–H groups in total. The molecule has 0 spiro atoms. The molecule has 7 nitrogen and oxygen atoms in total. The molecule has 2 aromatic rings. The summed E-state index contributed by atoms with van der Waals surface area (Å²) in [7, 11) is 6.37. The summed E-state index contributed by atoms with van der Waals surface area (Å²) < 4.78 is 22.0. The monoisotopic (exact) mass is 448 g/mol. The van der Waals surface area contributed by atoms with E-state index in [0.717, 1.165) is 41.5 Å². The molecule has 0 radical (unpaired) electrons. The van der Waals surface area contributed by atoms with Crippen molar-refractivity contribution < 1.29 is 23.7 Å². The molecule has 0 heterocycles. The lowest BCUT2D eigenvalue weighted by atomic mass is 9.92. The second-order valence-corrected chi connectivity index (χ2v) is 6.85. The minimum Gasteiger partial charge on any atom is -0.495 e. The zero-order valence-corrected chi connectivity index (χ0v) is 19.1. The number of carbonyl (C=O) groups is 1. The van der Waals surface area contributed by atoms with Crippen LogP contribution >= 0.6 is 12.4 Å². The Balaban J connectivity index is 0.00000341. The van der Waals surface area contributed by atoms with Gasteiger partial charge in [0.25, 0.3) is 0 Å². The minimum atomic E-state index is -0.260. The highest BCUT2D eigenvalue weighted by atomic mass is 35.5. The Morgan fingerprint density at radius 2 is 1.65 bits per heavy atom. The summed E-state index contributed by atoms with van der Waals surface area (Å²) in [6.45, 7) is -0.0948. The second kappa shape index (κ2) is 10.9. The largest absolute Gasteiger partial charge is 0.495 e. The van der Waals surface area contributed by atoms with Gasteiger partial charge in [-0.3, -0.25) is 4.79 Å². The first kappa shape index (κ1) is 24.4. The molecule has 0 unspecified atom stereocenters. The van der Waals surface area contributed by atoms with Crippen molar-refractivity contribution in [2.24, 2.45) is 5.73 Å². The molecule has 0 fully saturated rings. The molecule has 0 bridgehead atoms. The number of fused-ring (bicyclic) bond motifs is 1. The van der Waals surface area contributed by atoms with Crippen LogP contribution in [0.4, 0.5) is 5.69 Å². The number of rotatable bonds is 7. The van der Waals surface area contributed by atoms with Crippen LogP contribution < -0.4 is 30.0 Å². The van der Waals surface area contributed by atoms with Gasteiger partial charge in [-0.1, -0.05) is 12.1 Å². The van der Waals surface area contributed by atoms with E-state index in [1.165, 1.54) is 0 Å². The van der Waals surface area contributed by atoms with Gasteiger partial charge in [-0.2, -0.15) is 0 Å². The van der Waals surface area contributed by atoms with Gasteiger partial charge in [-0.25, -0.2) is 0 Å². The number of carbonyl (C=O) groups excluding carboxylic acids is 1. The number of anilines is 1. The minimum absolute atomic E-state index is 0. The lowest BCUT2D eigenvalue weighted by Gasteiger charge is -2.20. The Hall–Kier alpha value is -2.90. The topological polar surface area (TPSA) is 92.0 Å². The second-order valence-electron chi connectivity index (χ2n) is 6.85. The molecular formula is C23H29ClN2O5. The Morgan fingerprint density at radius 3 is 2.19 bits per heavy atom. The van der Waals surface area contributed by atoms with Crippen LogP contribution in [0.25, 0.3) is 5.57 Å². The van der Waals surface area contributed by atoms with Gasteiger partial charge < -0.3 is 30.0 Å². The predicted octanol–water partition coefficient (Wildman–Crippen LogP) is 3.81. The van der Waals surface area contributed by atoms with Crippen molar-refractivity contribution in [1.82, 2.24) is 0 Å². The number of nitrogens with two attached hydrogens (primary N) is 1. The maximum Gasteiger partial charge on any atom is 0.238 e. The molecule has 0 aliphatic heterocycles. The van der Waals surface area contributed by atoms with Crippen LogP contribution in [0.5, 0.6) is 23.0 Å². The lowest BCUT2D eigenvalue weighted by Crippen LogP contribution is -2.23. The first-order chi connectivity index (χ1) is 14.6. The molecule has 3 rings (SSSR count).